The van der Waals surface area contributed by atoms with Crippen molar-refractivity contribution in [3.63, 3.8) is 0 Å². The van der Waals surface area contributed by atoms with E-state index in [2.05, 4.69) is 6.92 Å². The van der Waals surface area contributed by atoms with E-state index in [9.17, 15) is 9.59 Å². The summed E-state index contributed by atoms with van der Waals surface area (Å²) >= 11 is 1.38. The van der Waals surface area contributed by atoms with Crippen molar-refractivity contribution in [2.24, 2.45) is 5.92 Å². The number of thioether (sulfide) groups is 1. The third kappa shape index (κ3) is 5.13. The normalized spacial score (nSPS) is 16.9. The smallest absolute Gasteiger partial charge is 0.265 e. The van der Waals surface area contributed by atoms with Crippen LogP contribution in [0.2, 0.25) is 0 Å². The monoisotopic (exact) mass is 436 g/mol. The number of carbonyl (C=O) groups excluding carboxylic acids is 2. The third-order valence-corrected chi connectivity index (χ3v) is 6.62. The molecule has 0 saturated heterocycles. The summed E-state index contributed by atoms with van der Waals surface area (Å²) in [6.45, 7) is 4.01. The molecule has 6 heteroatoms. The summed E-state index contributed by atoms with van der Waals surface area (Å²) in [6, 6.07) is 15.6. The van der Waals surface area contributed by atoms with E-state index >= 15 is 0 Å². The van der Waals surface area contributed by atoms with Crippen molar-refractivity contribution in [1.29, 1.82) is 0 Å². The van der Waals surface area contributed by atoms with E-state index in [0.717, 1.165) is 41.4 Å². The van der Waals surface area contributed by atoms with Gasteiger partial charge in [0.25, 0.3) is 5.91 Å². The molecule has 0 aromatic heterocycles. The highest BCUT2D eigenvalue weighted by Crippen LogP contribution is 2.42. The van der Waals surface area contributed by atoms with Gasteiger partial charge >= 0.3 is 0 Å². The van der Waals surface area contributed by atoms with Gasteiger partial charge in [0.2, 0.25) is 5.91 Å². The Balaban J connectivity index is 1.62. The predicted octanol–water partition coefficient (Wildman–Crippen LogP) is 4.87. The molecule has 1 saturated carbocycles. The lowest BCUT2D eigenvalue weighted by atomic mass is 10.1. The Morgan fingerprint density at radius 2 is 2.03 bits per heavy atom. The van der Waals surface area contributed by atoms with Gasteiger partial charge in [-0.2, -0.15) is 0 Å². The molecule has 2 aromatic carbocycles. The Labute approximate surface area is 188 Å². The van der Waals surface area contributed by atoms with Gasteiger partial charge in [-0.05, 0) is 55.0 Å². The van der Waals surface area contributed by atoms with E-state index in [-0.39, 0.29) is 11.8 Å². The summed E-state index contributed by atoms with van der Waals surface area (Å²) in [5.74, 6) is 1.17. The molecular formula is C25H28N2O3S. The van der Waals surface area contributed by atoms with E-state index < -0.39 is 0 Å². The first-order valence-electron chi connectivity index (χ1n) is 10.8. The van der Waals surface area contributed by atoms with Gasteiger partial charge in [0.05, 0.1) is 24.2 Å². The number of nitrogens with zero attached hydrogens (tertiary/aromatic N) is 2. The molecule has 0 N–H and O–H groups in total. The van der Waals surface area contributed by atoms with E-state index in [1.165, 1.54) is 24.6 Å². The van der Waals surface area contributed by atoms with Gasteiger partial charge in [0, 0.05) is 24.1 Å². The minimum atomic E-state index is -0.136. The Kier molecular flexibility index (Phi) is 6.66. The zero-order chi connectivity index (χ0) is 21.8. The van der Waals surface area contributed by atoms with Crippen molar-refractivity contribution in [2.45, 2.75) is 37.6 Å². The standard InChI is InChI=1S/C25H28N2O3S/c1-3-13-26(16-18-11-12-18)24(28)15-23-25(29)27(21-9-4-5-10-22(21)31-23)17-19-7-6-8-20(14-19)30-2/h4-10,14-15,18H,3,11-13,16-17H2,1-2H3/b23-15+. The van der Waals surface area contributed by atoms with Gasteiger partial charge in [0.15, 0.2) is 0 Å². The maximum absolute atomic E-state index is 13.4. The summed E-state index contributed by atoms with van der Waals surface area (Å²) in [5, 5.41) is 0. The molecule has 0 bridgehead atoms. The first kappa shape index (κ1) is 21.5. The Morgan fingerprint density at radius 3 is 2.77 bits per heavy atom. The van der Waals surface area contributed by atoms with Crippen LogP contribution in [0.25, 0.3) is 0 Å². The number of rotatable bonds is 8. The molecule has 1 aliphatic carbocycles. The number of hydrogen-bond acceptors (Lipinski definition) is 4. The van der Waals surface area contributed by atoms with Gasteiger partial charge in [-0.25, -0.2) is 0 Å². The number of anilines is 1. The minimum absolute atomic E-state index is 0.0645. The molecule has 31 heavy (non-hydrogen) atoms. The predicted molar refractivity (Wildman–Crippen MR) is 124 cm³/mol. The highest BCUT2D eigenvalue weighted by Gasteiger charge is 2.31. The zero-order valence-corrected chi connectivity index (χ0v) is 18.9. The number of fused-ring (bicyclic) bond motifs is 1. The molecule has 2 aliphatic rings. The summed E-state index contributed by atoms with van der Waals surface area (Å²) in [4.78, 5) is 31.6. The number of hydrogen-bond donors (Lipinski definition) is 0. The van der Waals surface area contributed by atoms with Crippen LogP contribution < -0.4 is 9.64 Å². The molecule has 0 unspecified atom stereocenters. The fraction of sp³-hybridized carbons (Fsp3) is 0.360. The Bertz CT molecular complexity index is 1000. The molecule has 0 radical (unpaired) electrons. The van der Waals surface area contributed by atoms with Crippen molar-refractivity contribution in [3.05, 3.63) is 65.1 Å². The van der Waals surface area contributed by atoms with Crippen LogP contribution >= 0.6 is 11.8 Å². The lowest BCUT2D eigenvalue weighted by Gasteiger charge is -2.31. The van der Waals surface area contributed by atoms with Crippen LogP contribution in [0.4, 0.5) is 5.69 Å². The first-order valence-corrected chi connectivity index (χ1v) is 11.6. The van der Waals surface area contributed by atoms with Crippen LogP contribution in [0.5, 0.6) is 5.75 Å². The molecule has 1 fully saturated rings. The number of benzene rings is 2. The largest absolute Gasteiger partial charge is 0.497 e. The van der Waals surface area contributed by atoms with E-state index in [1.54, 1.807) is 18.1 Å². The van der Waals surface area contributed by atoms with Crippen LogP contribution in [-0.4, -0.2) is 36.9 Å². The molecule has 0 spiro atoms. The average molecular weight is 437 g/mol. The molecule has 5 nitrogen and oxygen atoms in total. The first-order chi connectivity index (χ1) is 15.1. The van der Waals surface area contributed by atoms with Gasteiger partial charge in [-0.1, -0.05) is 43.0 Å². The van der Waals surface area contributed by atoms with Crippen LogP contribution in [0.3, 0.4) is 0 Å². The maximum Gasteiger partial charge on any atom is 0.265 e. The number of carbonyl (C=O) groups is 2. The average Bonchev–Trinajstić information content (AvgIpc) is 3.60. The lowest BCUT2D eigenvalue weighted by Crippen LogP contribution is -2.36. The molecule has 162 valence electrons. The number of para-hydroxylation sites is 1. The van der Waals surface area contributed by atoms with E-state index in [0.29, 0.717) is 17.4 Å². The minimum Gasteiger partial charge on any atom is -0.497 e. The van der Waals surface area contributed by atoms with Gasteiger partial charge in [0.1, 0.15) is 5.75 Å². The topological polar surface area (TPSA) is 49.9 Å². The van der Waals surface area contributed by atoms with Crippen molar-refractivity contribution >= 4 is 29.3 Å². The highest BCUT2D eigenvalue weighted by atomic mass is 32.2. The summed E-state index contributed by atoms with van der Waals surface area (Å²) in [7, 11) is 1.63. The highest BCUT2D eigenvalue weighted by molar-refractivity contribution is 8.04. The molecule has 0 atom stereocenters. The van der Waals surface area contributed by atoms with Crippen LogP contribution in [0.15, 0.2) is 64.4 Å². The Hall–Kier alpha value is -2.73. The second-order valence-corrected chi connectivity index (χ2v) is 9.13. The molecular weight excluding hydrogens is 408 g/mol. The van der Waals surface area contributed by atoms with Crippen molar-refractivity contribution in [3.8, 4) is 5.75 Å². The SMILES string of the molecule is CCCN(CC1CC1)C(=O)/C=C1/Sc2ccccc2N(Cc2cccc(OC)c2)C1=O. The van der Waals surface area contributed by atoms with Gasteiger partial charge in [-0.3, -0.25) is 9.59 Å². The molecule has 2 amide bonds. The summed E-state index contributed by atoms with van der Waals surface area (Å²) in [6.07, 6.45) is 4.84. The van der Waals surface area contributed by atoms with Crippen LogP contribution in [-0.2, 0) is 16.1 Å². The second-order valence-electron chi connectivity index (χ2n) is 8.05. The van der Waals surface area contributed by atoms with E-state index in [1.807, 2.05) is 53.4 Å². The van der Waals surface area contributed by atoms with Crippen molar-refractivity contribution in [2.75, 3.05) is 25.1 Å². The maximum atomic E-state index is 13.4. The molecule has 1 aliphatic heterocycles. The quantitative estimate of drug-likeness (QED) is 0.554. The van der Waals surface area contributed by atoms with Gasteiger partial charge in [-0.15, -0.1) is 0 Å². The second kappa shape index (κ2) is 9.60. The van der Waals surface area contributed by atoms with Crippen molar-refractivity contribution < 1.29 is 14.3 Å². The van der Waals surface area contributed by atoms with Gasteiger partial charge < -0.3 is 14.5 Å². The number of ether oxygens (including phenoxy) is 1. The molecule has 1 heterocycles. The Morgan fingerprint density at radius 1 is 1.23 bits per heavy atom. The fourth-order valence-corrected chi connectivity index (χ4v) is 4.77. The van der Waals surface area contributed by atoms with Crippen LogP contribution in [0.1, 0.15) is 31.7 Å². The molecule has 4 rings (SSSR count). The van der Waals surface area contributed by atoms with Crippen LogP contribution in [0, 0.1) is 5.92 Å². The fourth-order valence-electron chi connectivity index (χ4n) is 3.75. The third-order valence-electron chi connectivity index (χ3n) is 5.54. The molecule has 2 aromatic rings. The van der Waals surface area contributed by atoms with E-state index in [4.69, 9.17) is 4.74 Å². The summed E-state index contributed by atoms with van der Waals surface area (Å²) in [5.41, 5.74) is 1.84. The number of amides is 2. The zero-order valence-electron chi connectivity index (χ0n) is 18.0. The lowest BCUT2D eigenvalue weighted by molar-refractivity contribution is -0.126. The summed E-state index contributed by atoms with van der Waals surface area (Å²) < 4.78 is 5.33. The van der Waals surface area contributed by atoms with Crippen molar-refractivity contribution in [1.82, 2.24) is 4.90 Å². The number of methoxy groups -OCH3 is 1.